The topological polar surface area (TPSA) is 105 Å². The van der Waals surface area contributed by atoms with E-state index in [1.54, 1.807) is 0 Å². The van der Waals surface area contributed by atoms with Crippen LogP contribution in [0.2, 0.25) is 0 Å². The zero-order valence-electron chi connectivity index (χ0n) is 14.9. The number of carbonyl (C=O) groups excluding carboxylic acids is 4. The van der Waals surface area contributed by atoms with Crippen LogP contribution < -0.4 is 10.6 Å². The van der Waals surface area contributed by atoms with Crippen molar-refractivity contribution in [3.8, 4) is 0 Å². The molecule has 1 saturated carbocycles. The Morgan fingerprint density at radius 1 is 1.36 bits per heavy atom. The molecule has 8 heteroatoms. The third-order valence-electron chi connectivity index (χ3n) is 5.01. The van der Waals surface area contributed by atoms with E-state index in [4.69, 9.17) is 4.74 Å². The lowest BCUT2D eigenvalue weighted by molar-refractivity contribution is -0.151. The lowest BCUT2D eigenvalue weighted by atomic mass is 9.73. The Morgan fingerprint density at radius 2 is 2.12 bits per heavy atom. The van der Waals surface area contributed by atoms with Gasteiger partial charge in [0.15, 0.2) is 6.61 Å². The molecule has 0 aromatic heterocycles. The number of nitrogens with zero attached hydrogens (tertiary/aromatic N) is 1. The van der Waals surface area contributed by atoms with Crippen molar-refractivity contribution < 1.29 is 23.9 Å². The van der Waals surface area contributed by atoms with Crippen LogP contribution >= 0.6 is 0 Å². The molecule has 0 aromatic carbocycles. The highest BCUT2D eigenvalue weighted by Gasteiger charge is 2.55. The Kier molecular flexibility index (Phi) is 6.39. The van der Waals surface area contributed by atoms with E-state index in [2.05, 4.69) is 10.6 Å². The van der Waals surface area contributed by atoms with Crippen molar-refractivity contribution >= 4 is 23.8 Å². The summed E-state index contributed by atoms with van der Waals surface area (Å²) in [5.41, 5.74) is -0.896. The first kappa shape index (κ1) is 19.2. The zero-order chi connectivity index (χ0) is 18.4. The summed E-state index contributed by atoms with van der Waals surface area (Å²) in [6.07, 6.45) is 5.15. The number of esters is 1. The molecule has 1 saturated heterocycles. The van der Waals surface area contributed by atoms with Crippen LogP contribution in [0.3, 0.4) is 0 Å². The predicted octanol–water partition coefficient (Wildman–Crippen LogP) is 0.947. The minimum atomic E-state index is -0.896. The fourth-order valence-electron chi connectivity index (χ4n) is 3.42. The maximum absolute atomic E-state index is 12.7. The molecule has 1 heterocycles. The highest BCUT2D eigenvalue weighted by molar-refractivity contribution is 6.09. The Morgan fingerprint density at radius 3 is 2.80 bits per heavy atom. The van der Waals surface area contributed by atoms with Crippen LogP contribution in [-0.2, 0) is 19.1 Å². The SMILES string of the molecule is CCCCNC(=O)COC(=O)CN1C(=O)N[C@@]2(CCCC[C@H]2C)C1=O. The molecule has 2 N–H and O–H groups in total. The van der Waals surface area contributed by atoms with E-state index in [9.17, 15) is 19.2 Å². The molecule has 2 rings (SSSR count). The van der Waals surface area contributed by atoms with E-state index in [-0.39, 0.29) is 11.8 Å². The van der Waals surface area contributed by atoms with Gasteiger partial charge in [0.25, 0.3) is 11.8 Å². The van der Waals surface area contributed by atoms with E-state index in [0.717, 1.165) is 37.0 Å². The van der Waals surface area contributed by atoms with E-state index in [1.807, 2.05) is 13.8 Å². The zero-order valence-corrected chi connectivity index (χ0v) is 14.9. The molecule has 2 aliphatic rings. The maximum atomic E-state index is 12.7. The second-order valence-electron chi connectivity index (χ2n) is 6.80. The average Bonchev–Trinajstić information content (AvgIpc) is 2.81. The third-order valence-corrected chi connectivity index (χ3v) is 5.01. The Balaban J connectivity index is 1.85. The second-order valence-corrected chi connectivity index (χ2v) is 6.80. The Hall–Kier alpha value is -2.12. The molecule has 2 fully saturated rings. The number of rotatable bonds is 7. The monoisotopic (exact) mass is 353 g/mol. The van der Waals surface area contributed by atoms with Gasteiger partial charge >= 0.3 is 12.0 Å². The first-order valence-corrected chi connectivity index (χ1v) is 8.97. The van der Waals surface area contributed by atoms with Crippen LogP contribution in [0.5, 0.6) is 0 Å². The van der Waals surface area contributed by atoms with Gasteiger partial charge in [0.2, 0.25) is 0 Å². The van der Waals surface area contributed by atoms with Crippen molar-refractivity contribution in [2.45, 2.75) is 57.9 Å². The predicted molar refractivity (Wildman–Crippen MR) is 89.5 cm³/mol. The highest BCUT2D eigenvalue weighted by Crippen LogP contribution is 2.38. The average molecular weight is 353 g/mol. The fraction of sp³-hybridized carbons (Fsp3) is 0.765. The molecule has 2 atom stereocenters. The molecule has 1 aliphatic heterocycles. The number of ether oxygens (including phenoxy) is 1. The summed E-state index contributed by atoms with van der Waals surface area (Å²) in [4.78, 5) is 49.2. The van der Waals surface area contributed by atoms with Gasteiger partial charge in [0.05, 0.1) is 0 Å². The van der Waals surface area contributed by atoms with Crippen molar-refractivity contribution in [1.82, 2.24) is 15.5 Å². The minimum absolute atomic E-state index is 0.0306. The van der Waals surface area contributed by atoms with Gasteiger partial charge in [0, 0.05) is 6.54 Å². The quantitative estimate of drug-likeness (QED) is 0.403. The molecule has 25 heavy (non-hydrogen) atoms. The fourth-order valence-corrected chi connectivity index (χ4v) is 3.42. The lowest BCUT2D eigenvalue weighted by Crippen LogP contribution is -2.54. The molecular formula is C17H27N3O5. The number of carbonyl (C=O) groups is 4. The van der Waals surface area contributed by atoms with Gasteiger partial charge in [-0.2, -0.15) is 0 Å². The number of unbranched alkanes of at least 4 members (excludes halogenated alkanes) is 1. The van der Waals surface area contributed by atoms with Crippen molar-refractivity contribution in [3.63, 3.8) is 0 Å². The summed E-state index contributed by atoms with van der Waals surface area (Å²) < 4.78 is 4.87. The van der Waals surface area contributed by atoms with Crippen LogP contribution in [0.4, 0.5) is 4.79 Å². The maximum Gasteiger partial charge on any atom is 0.326 e. The van der Waals surface area contributed by atoms with Crippen LogP contribution in [0, 0.1) is 5.92 Å². The summed E-state index contributed by atoms with van der Waals surface area (Å²) in [6, 6.07) is -0.567. The van der Waals surface area contributed by atoms with Crippen LogP contribution in [-0.4, -0.2) is 54.0 Å². The van der Waals surface area contributed by atoms with Gasteiger partial charge in [0.1, 0.15) is 12.1 Å². The number of hydrogen-bond donors (Lipinski definition) is 2. The standard InChI is InChI=1S/C17H27N3O5/c1-3-4-9-18-13(21)11-25-14(22)10-20-15(23)17(19-16(20)24)8-6-5-7-12(17)2/h12H,3-11H2,1-2H3,(H,18,21)(H,19,24)/t12-,17-/m1/s1. The molecule has 1 aliphatic carbocycles. The van der Waals surface area contributed by atoms with Gasteiger partial charge in [-0.15, -0.1) is 0 Å². The first-order valence-electron chi connectivity index (χ1n) is 8.97. The van der Waals surface area contributed by atoms with Crippen LogP contribution in [0.25, 0.3) is 0 Å². The smallest absolute Gasteiger partial charge is 0.326 e. The molecule has 0 bridgehead atoms. The van der Waals surface area contributed by atoms with Crippen molar-refractivity contribution in [3.05, 3.63) is 0 Å². The Labute approximate surface area is 147 Å². The molecule has 0 aromatic rings. The minimum Gasteiger partial charge on any atom is -0.454 e. The number of hydrogen-bond acceptors (Lipinski definition) is 5. The van der Waals surface area contributed by atoms with Gasteiger partial charge in [-0.05, 0) is 25.2 Å². The number of urea groups is 1. The number of imide groups is 1. The molecule has 0 unspecified atom stereocenters. The summed E-state index contributed by atoms with van der Waals surface area (Å²) in [5.74, 6) is -1.50. The normalized spacial score (nSPS) is 25.8. The van der Waals surface area contributed by atoms with E-state index < -0.39 is 36.6 Å². The highest BCUT2D eigenvalue weighted by atomic mass is 16.5. The molecule has 8 nitrogen and oxygen atoms in total. The van der Waals surface area contributed by atoms with Crippen molar-refractivity contribution in [2.24, 2.45) is 5.92 Å². The van der Waals surface area contributed by atoms with E-state index in [1.165, 1.54) is 0 Å². The largest absolute Gasteiger partial charge is 0.454 e. The van der Waals surface area contributed by atoms with Crippen molar-refractivity contribution in [1.29, 1.82) is 0 Å². The first-order chi connectivity index (χ1) is 11.9. The summed E-state index contributed by atoms with van der Waals surface area (Å²) >= 11 is 0. The van der Waals surface area contributed by atoms with Gasteiger partial charge in [-0.25, -0.2) is 4.79 Å². The van der Waals surface area contributed by atoms with Crippen molar-refractivity contribution in [2.75, 3.05) is 19.7 Å². The third kappa shape index (κ3) is 4.29. The number of amides is 4. The van der Waals surface area contributed by atoms with Crippen LogP contribution in [0.1, 0.15) is 52.4 Å². The van der Waals surface area contributed by atoms with Gasteiger partial charge < -0.3 is 15.4 Å². The van der Waals surface area contributed by atoms with E-state index in [0.29, 0.717) is 13.0 Å². The summed E-state index contributed by atoms with van der Waals surface area (Å²) in [7, 11) is 0. The molecule has 1 spiro atoms. The second kappa shape index (κ2) is 8.31. The summed E-state index contributed by atoms with van der Waals surface area (Å²) in [6.45, 7) is 3.60. The lowest BCUT2D eigenvalue weighted by Gasteiger charge is -2.36. The van der Waals surface area contributed by atoms with Gasteiger partial charge in [-0.3, -0.25) is 19.3 Å². The summed E-state index contributed by atoms with van der Waals surface area (Å²) in [5, 5.41) is 5.40. The molecule has 0 radical (unpaired) electrons. The molecule has 140 valence electrons. The molecular weight excluding hydrogens is 326 g/mol. The Bertz CT molecular complexity index is 550. The van der Waals surface area contributed by atoms with Crippen LogP contribution in [0.15, 0.2) is 0 Å². The van der Waals surface area contributed by atoms with Gasteiger partial charge in [-0.1, -0.05) is 33.1 Å². The number of nitrogens with one attached hydrogen (secondary N) is 2. The van der Waals surface area contributed by atoms with E-state index >= 15 is 0 Å². The molecule has 4 amide bonds.